The molecule has 2 unspecified atom stereocenters. The zero-order valence-corrected chi connectivity index (χ0v) is 17.9. The van der Waals surface area contributed by atoms with Crippen molar-refractivity contribution in [1.82, 2.24) is 4.90 Å². The van der Waals surface area contributed by atoms with Gasteiger partial charge in [0, 0.05) is 4.91 Å². The van der Waals surface area contributed by atoms with Crippen LogP contribution < -0.4 is 4.74 Å². The Balaban J connectivity index is 1.43. The summed E-state index contributed by atoms with van der Waals surface area (Å²) in [6.45, 7) is 2.60. The van der Waals surface area contributed by atoms with Crippen LogP contribution in [-0.4, -0.2) is 55.2 Å². The molecular formula is C23H24N4O5. The molecule has 2 heterocycles. The van der Waals surface area contributed by atoms with Crippen molar-refractivity contribution in [3.63, 3.8) is 0 Å². The van der Waals surface area contributed by atoms with Gasteiger partial charge in [-0.3, -0.25) is 14.5 Å². The summed E-state index contributed by atoms with van der Waals surface area (Å²) in [5.74, 6) is -0.225. The molecule has 0 N–H and O–H groups in total. The Labute approximate surface area is 185 Å². The number of azide groups is 1. The van der Waals surface area contributed by atoms with E-state index in [1.54, 1.807) is 31.4 Å². The Bertz CT molecular complexity index is 1020. The lowest BCUT2D eigenvalue weighted by Crippen LogP contribution is -2.56. The van der Waals surface area contributed by atoms with E-state index >= 15 is 0 Å². The summed E-state index contributed by atoms with van der Waals surface area (Å²) in [6.07, 6.45) is -0.481. The summed E-state index contributed by atoms with van der Waals surface area (Å²) < 4.78 is 16.9. The Hall–Kier alpha value is -3.39. The molecule has 166 valence electrons. The first-order chi connectivity index (χ1) is 15.5. The highest BCUT2D eigenvalue weighted by molar-refractivity contribution is 6.21. The number of ether oxygens (including phenoxy) is 3. The molecule has 2 aromatic rings. The molecule has 0 spiro atoms. The highest BCUT2D eigenvalue weighted by Crippen LogP contribution is 2.33. The van der Waals surface area contributed by atoms with Crippen molar-refractivity contribution in [2.75, 3.05) is 20.3 Å². The van der Waals surface area contributed by atoms with E-state index in [2.05, 4.69) is 10.0 Å². The molecule has 0 saturated carbocycles. The first kappa shape index (κ1) is 21.8. The van der Waals surface area contributed by atoms with Gasteiger partial charge in [0.15, 0.2) is 0 Å². The van der Waals surface area contributed by atoms with Gasteiger partial charge in [0.1, 0.15) is 5.75 Å². The van der Waals surface area contributed by atoms with Crippen LogP contribution in [0.25, 0.3) is 10.4 Å². The lowest BCUT2D eigenvalue weighted by atomic mass is 9.87. The molecular weight excluding hydrogens is 412 g/mol. The summed E-state index contributed by atoms with van der Waals surface area (Å²) in [5.41, 5.74) is 10.8. The van der Waals surface area contributed by atoms with Gasteiger partial charge in [-0.25, -0.2) is 0 Å². The van der Waals surface area contributed by atoms with Gasteiger partial charge in [-0.15, -0.1) is 0 Å². The molecule has 0 aromatic heterocycles. The number of imide groups is 1. The minimum absolute atomic E-state index is 0.153. The molecule has 4 atom stereocenters. The fourth-order valence-corrected chi connectivity index (χ4v) is 4.26. The summed E-state index contributed by atoms with van der Waals surface area (Å²) in [4.78, 5) is 30.0. The average Bonchev–Trinajstić information content (AvgIpc) is 3.07. The number of amides is 2. The smallest absolute Gasteiger partial charge is 0.261 e. The largest absolute Gasteiger partial charge is 0.497 e. The van der Waals surface area contributed by atoms with Gasteiger partial charge in [-0.2, -0.15) is 0 Å². The van der Waals surface area contributed by atoms with Crippen molar-refractivity contribution in [3.05, 3.63) is 75.7 Å². The van der Waals surface area contributed by atoms with E-state index in [4.69, 9.17) is 19.7 Å². The third-order valence-electron chi connectivity index (χ3n) is 6.06. The van der Waals surface area contributed by atoms with Crippen molar-refractivity contribution in [2.45, 2.75) is 31.7 Å². The number of methoxy groups -OCH3 is 1. The predicted molar refractivity (Wildman–Crippen MR) is 115 cm³/mol. The Kier molecular flexibility index (Phi) is 6.41. The normalized spacial score (nSPS) is 24.8. The third-order valence-corrected chi connectivity index (χ3v) is 6.06. The number of carbonyl (C=O) groups excluding carboxylic acids is 2. The van der Waals surface area contributed by atoms with Crippen LogP contribution in [0.4, 0.5) is 0 Å². The van der Waals surface area contributed by atoms with Crippen molar-refractivity contribution in [3.8, 4) is 5.75 Å². The van der Waals surface area contributed by atoms with Crippen LogP contribution in [0.5, 0.6) is 5.75 Å². The van der Waals surface area contributed by atoms with E-state index in [0.29, 0.717) is 17.7 Å². The fourth-order valence-electron chi connectivity index (χ4n) is 4.26. The zero-order valence-electron chi connectivity index (χ0n) is 17.9. The highest BCUT2D eigenvalue weighted by Gasteiger charge is 2.47. The molecule has 2 aliphatic heterocycles. The van der Waals surface area contributed by atoms with Gasteiger partial charge in [-0.1, -0.05) is 36.3 Å². The molecule has 9 nitrogen and oxygen atoms in total. The standard InChI is InChI=1S/C23H24N4O5/c1-14-19(27-22(28)17-5-3-4-6-18(17)23(27)29)12-32-20(21(14)25-26-24)13-31-11-15-7-9-16(30-2)10-8-15/h3-10,14,19-21H,11-13H2,1-2H3/t14-,19?,20?,21-/m1/s1. The summed E-state index contributed by atoms with van der Waals surface area (Å²) in [6, 6.07) is 13.2. The SMILES string of the molecule is COc1ccc(COCC2OCC(N3C(=O)c4ccccc4C3=O)[C@@H](C)[C@H]2N=[N+]=[N-])cc1. The van der Waals surface area contributed by atoms with Gasteiger partial charge in [0.05, 0.1) is 56.2 Å². The van der Waals surface area contributed by atoms with Gasteiger partial charge in [0.25, 0.3) is 11.8 Å². The molecule has 2 aliphatic rings. The van der Waals surface area contributed by atoms with Crippen molar-refractivity contribution in [1.29, 1.82) is 0 Å². The summed E-state index contributed by atoms with van der Waals surface area (Å²) >= 11 is 0. The topological polar surface area (TPSA) is 114 Å². The maximum absolute atomic E-state index is 12.9. The van der Waals surface area contributed by atoms with Crippen LogP contribution in [0, 0.1) is 5.92 Å². The second-order valence-corrected chi connectivity index (χ2v) is 7.88. The van der Waals surface area contributed by atoms with E-state index in [0.717, 1.165) is 11.3 Å². The Morgan fingerprint density at radius 1 is 1.12 bits per heavy atom. The second kappa shape index (κ2) is 9.40. The predicted octanol–water partition coefficient (Wildman–Crippen LogP) is 3.59. The summed E-state index contributed by atoms with van der Waals surface area (Å²) in [5, 5.41) is 3.93. The molecule has 1 fully saturated rings. The first-order valence-corrected chi connectivity index (χ1v) is 10.4. The molecule has 2 aromatic carbocycles. The molecule has 0 bridgehead atoms. The van der Waals surface area contributed by atoms with Crippen LogP contribution in [0.3, 0.4) is 0 Å². The minimum Gasteiger partial charge on any atom is -0.497 e. The maximum Gasteiger partial charge on any atom is 0.261 e. The zero-order chi connectivity index (χ0) is 22.7. The van der Waals surface area contributed by atoms with Crippen LogP contribution in [0.15, 0.2) is 53.6 Å². The van der Waals surface area contributed by atoms with Crippen molar-refractivity contribution < 1.29 is 23.8 Å². The molecule has 9 heteroatoms. The lowest BCUT2D eigenvalue weighted by Gasteiger charge is -2.42. The van der Waals surface area contributed by atoms with Gasteiger partial charge < -0.3 is 14.2 Å². The number of rotatable bonds is 7. The molecule has 0 radical (unpaired) electrons. The number of hydrogen-bond acceptors (Lipinski definition) is 6. The van der Waals surface area contributed by atoms with Crippen LogP contribution in [0.2, 0.25) is 0 Å². The molecule has 4 rings (SSSR count). The number of hydrogen-bond donors (Lipinski definition) is 0. The number of nitrogens with zero attached hydrogens (tertiary/aromatic N) is 4. The number of benzene rings is 2. The van der Waals surface area contributed by atoms with Crippen molar-refractivity contribution >= 4 is 11.8 Å². The molecule has 0 aliphatic carbocycles. The molecule has 1 saturated heterocycles. The van der Waals surface area contributed by atoms with E-state index in [-0.39, 0.29) is 30.9 Å². The van der Waals surface area contributed by atoms with Crippen LogP contribution in [0.1, 0.15) is 33.2 Å². The fraction of sp³-hybridized carbons (Fsp3) is 0.391. The van der Waals surface area contributed by atoms with Crippen molar-refractivity contribution in [2.24, 2.45) is 11.0 Å². The van der Waals surface area contributed by atoms with Crippen LogP contribution in [-0.2, 0) is 16.1 Å². The number of carbonyl (C=O) groups is 2. The van der Waals surface area contributed by atoms with Crippen LogP contribution >= 0.6 is 0 Å². The molecule has 32 heavy (non-hydrogen) atoms. The minimum atomic E-state index is -0.584. The van der Waals surface area contributed by atoms with E-state index in [9.17, 15) is 9.59 Å². The monoisotopic (exact) mass is 436 g/mol. The Morgan fingerprint density at radius 2 is 1.78 bits per heavy atom. The summed E-state index contributed by atoms with van der Waals surface area (Å²) in [7, 11) is 1.61. The van der Waals surface area contributed by atoms with Gasteiger partial charge >= 0.3 is 0 Å². The van der Waals surface area contributed by atoms with Gasteiger partial charge in [0.2, 0.25) is 0 Å². The quantitative estimate of drug-likeness (QED) is 0.285. The molecule has 2 amide bonds. The lowest BCUT2D eigenvalue weighted by molar-refractivity contribution is -0.0953. The van der Waals surface area contributed by atoms with E-state index in [1.807, 2.05) is 31.2 Å². The number of fused-ring (bicyclic) bond motifs is 1. The highest BCUT2D eigenvalue weighted by atomic mass is 16.5. The maximum atomic E-state index is 12.9. The van der Waals surface area contributed by atoms with E-state index < -0.39 is 18.2 Å². The van der Waals surface area contributed by atoms with E-state index in [1.165, 1.54) is 4.90 Å². The average molecular weight is 436 g/mol. The van der Waals surface area contributed by atoms with Gasteiger partial charge in [-0.05, 0) is 41.3 Å². The first-order valence-electron chi connectivity index (χ1n) is 10.4. The third kappa shape index (κ3) is 4.05. The second-order valence-electron chi connectivity index (χ2n) is 7.88. The Morgan fingerprint density at radius 3 is 2.38 bits per heavy atom.